The van der Waals surface area contributed by atoms with Gasteiger partial charge in [0.05, 0.1) is 0 Å². The summed E-state index contributed by atoms with van der Waals surface area (Å²) in [4.78, 5) is 0. The van der Waals surface area contributed by atoms with E-state index in [1.165, 1.54) is 27.8 Å². The molecule has 1 atom stereocenters. The molecule has 1 aliphatic rings. The number of hydrogen-bond acceptors (Lipinski definition) is 0. The summed E-state index contributed by atoms with van der Waals surface area (Å²) in [5.41, 5.74) is 7.46. The van der Waals surface area contributed by atoms with Crippen LogP contribution in [0.25, 0.3) is 11.1 Å². The van der Waals surface area contributed by atoms with Crippen LogP contribution in [0.15, 0.2) is 42.5 Å². The highest BCUT2D eigenvalue weighted by molar-refractivity contribution is 5.79. The molecule has 0 aromatic heterocycles. The number of benzene rings is 2. The highest BCUT2D eigenvalue weighted by atomic mass is 14.3. The number of rotatable bonds is 0. The van der Waals surface area contributed by atoms with Gasteiger partial charge in [0.25, 0.3) is 0 Å². The molecule has 0 bridgehead atoms. The molecule has 0 heteroatoms. The fraction of sp³-hybridized carbons (Fsp3) is 0.333. The van der Waals surface area contributed by atoms with Crippen molar-refractivity contribution in [2.24, 2.45) is 0 Å². The van der Waals surface area contributed by atoms with E-state index >= 15 is 0 Å². The molecule has 1 aliphatic carbocycles. The topological polar surface area (TPSA) is 0 Å². The molecule has 0 fully saturated rings. The largest absolute Gasteiger partial charge is 0.0619 e. The Morgan fingerprint density at radius 1 is 0.833 bits per heavy atom. The van der Waals surface area contributed by atoms with Gasteiger partial charge < -0.3 is 0 Å². The molecular formula is C18H20. The van der Waals surface area contributed by atoms with Gasteiger partial charge in [0.15, 0.2) is 0 Å². The Balaban J connectivity index is 2.20. The minimum absolute atomic E-state index is 0.226. The minimum atomic E-state index is 0.226. The van der Waals surface area contributed by atoms with Crippen LogP contribution >= 0.6 is 0 Å². The molecule has 2 aromatic rings. The summed E-state index contributed by atoms with van der Waals surface area (Å²) in [6, 6.07) is 15.8. The van der Waals surface area contributed by atoms with Crippen molar-refractivity contribution in [3.63, 3.8) is 0 Å². The maximum Gasteiger partial charge on any atom is 0.00734 e. The van der Waals surface area contributed by atoms with Crippen LogP contribution in [0, 0.1) is 0 Å². The first-order valence-electron chi connectivity index (χ1n) is 6.72. The molecule has 0 heterocycles. The lowest BCUT2D eigenvalue weighted by molar-refractivity contribution is 0.589. The van der Waals surface area contributed by atoms with Crippen molar-refractivity contribution in [1.29, 1.82) is 0 Å². The van der Waals surface area contributed by atoms with Crippen LogP contribution in [0.2, 0.25) is 0 Å². The van der Waals surface area contributed by atoms with Crippen molar-refractivity contribution in [3.8, 4) is 11.1 Å². The fourth-order valence-corrected chi connectivity index (χ4v) is 2.92. The molecule has 2 aromatic carbocycles. The highest BCUT2D eigenvalue weighted by Crippen LogP contribution is 2.45. The van der Waals surface area contributed by atoms with Gasteiger partial charge in [-0.25, -0.2) is 0 Å². The third-order valence-electron chi connectivity index (χ3n) is 4.10. The zero-order chi connectivity index (χ0) is 12.9. The highest BCUT2D eigenvalue weighted by Gasteiger charge is 2.26. The van der Waals surface area contributed by atoms with Crippen LogP contribution in [0.4, 0.5) is 0 Å². The Kier molecular flexibility index (Phi) is 2.38. The van der Waals surface area contributed by atoms with Gasteiger partial charge in [-0.05, 0) is 33.2 Å². The summed E-state index contributed by atoms with van der Waals surface area (Å²) >= 11 is 0. The molecule has 3 rings (SSSR count). The van der Waals surface area contributed by atoms with Gasteiger partial charge in [-0.3, -0.25) is 0 Å². The first-order chi connectivity index (χ1) is 8.48. The van der Waals surface area contributed by atoms with Crippen LogP contribution in [-0.2, 0) is 5.41 Å². The first-order valence-corrected chi connectivity index (χ1v) is 6.72. The van der Waals surface area contributed by atoms with Gasteiger partial charge in [-0.2, -0.15) is 0 Å². The molecule has 18 heavy (non-hydrogen) atoms. The van der Waals surface area contributed by atoms with Crippen LogP contribution in [0.3, 0.4) is 0 Å². The lowest BCUT2D eigenvalue weighted by Gasteiger charge is -2.20. The zero-order valence-electron chi connectivity index (χ0n) is 11.6. The summed E-state index contributed by atoms with van der Waals surface area (Å²) in [7, 11) is 0. The molecular weight excluding hydrogens is 216 g/mol. The molecule has 0 saturated heterocycles. The van der Waals surface area contributed by atoms with Crippen LogP contribution < -0.4 is 0 Å². The summed E-state index contributed by atoms with van der Waals surface area (Å²) in [5.74, 6) is 0.526. The van der Waals surface area contributed by atoms with Gasteiger partial charge in [-0.1, -0.05) is 70.2 Å². The van der Waals surface area contributed by atoms with Crippen molar-refractivity contribution in [2.75, 3.05) is 0 Å². The second-order valence-corrected chi connectivity index (χ2v) is 6.36. The Morgan fingerprint density at radius 2 is 1.50 bits per heavy atom. The average Bonchev–Trinajstić information content (AvgIpc) is 2.63. The smallest absolute Gasteiger partial charge is 0.00734 e. The molecule has 0 nitrogen and oxygen atoms in total. The standard InChI is InChI=1S/C18H20/c1-12-14-7-5-6-8-15(14)16-10-9-13(11-17(12)16)18(2,3)4/h5-12H,1-4H3. The third kappa shape index (κ3) is 1.59. The summed E-state index contributed by atoms with van der Waals surface area (Å²) in [5, 5.41) is 0. The first kappa shape index (κ1) is 11.5. The van der Waals surface area contributed by atoms with E-state index in [-0.39, 0.29) is 5.41 Å². The normalized spacial score (nSPS) is 17.4. The van der Waals surface area contributed by atoms with E-state index < -0.39 is 0 Å². The van der Waals surface area contributed by atoms with E-state index in [2.05, 4.69) is 70.2 Å². The van der Waals surface area contributed by atoms with Crippen LogP contribution in [-0.4, -0.2) is 0 Å². The lowest BCUT2D eigenvalue weighted by atomic mass is 9.84. The number of fused-ring (bicyclic) bond motifs is 3. The number of hydrogen-bond donors (Lipinski definition) is 0. The van der Waals surface area contributed by atoms with E-state index in [0.29, 0.717) is 5.92 Å². The molecule has 0 aliphatic heterocycles. The monoisotopic (exact) mass is 236 g/mol. The Hall–Kier alpha value is -1.56. The minimum Gasteiger partial charge on any atom is -0.0619 e. The van der Waals surface area contributed by atoms with E-state index in [1.807, 2.05) is 0 Å². The summed E-state index contributed by atoms with van der Waals surface area (Å²) in [6.07, 6.45) is 0. The van der Waals surface area contributed by atoms with Crippen LogP contribution in [0.1, 0.15) is 50.3 Å². The van der Waals surface area contributed by atoms with Gasteiger partial charge in [0.1, 0.15) is 0 Å². The third-order valence-corrected chi connectivity index (χ3v) is 4.10. The second-order valence-electron chi connectivity index (χ2n) is 6.36. The van der Waals surface area contributed by atoms with Gasteiger partial charge in [-0.15, -0.1) is 0 Å². The maximum atomic E-state index is 2.40. The van der Waals surface area contributed by atoms with Crippen molar-refractivity contribution in [1.82, 2.24) is 0 Å². The summed E-state index contributed by atoms with van der Waals surface area (Å²) in [6.45, 7) is 9.15. The van der Waals surface area contributed by atoms with Crippen molar-refractivity contribution in [3.05, 3.63) is 59.2 Å². The van der Waals surface area contributed by atoms with E-state index in [0.717, 1.165) is 0 Å². The molecule has 92 valence electrons. The quantitative estimate of drug-likeness (QED) is 0.596. The molecule has 0 radical (unpaired) electrons. The molecule has 0 spiro atoms. The van der Waals surface area contributed by atoms with Gasteiger partial charge in [0, 0.05) is 5.92 Å². The van der Waals surface area contributed by atoms with Gasteiger partial charge >= 0.3 is 0 Å². The Morgan fingerprint density at radius 3 is 2.22 bits per heavy atom. The Bertz CT molecular complexity index is 600. The molecule has 0 saturated carbocycles. The predicted molar refractivity (Wildman–Crippen MR) is 78.1 cm³/mol. The van der Waals surface area contributed by atoms with Gasteiger partial charge in [0.2, 0.25) is 0 Å². The lowest BCUT2D eigenvalue weighted by Crippen LogP contribution is -2.11. The van der Waals surface area contributed by atoms with Crippen molar-refractivity contribution >= 4 is 0 Å². The van der Waals surface area contributed by atoms with Crippen molar-refractivity contribution < 1.29 is 0 Å². The SMILES string of the molecule is CC1c2ccccc2-c2ccc(C(C)(C)C)cc21. The molecule has 0 amide bonds. The maximum absolute atomic E-state index is 2.40. The zero-order valence-corrected chi connectivity index (χ0v) is 11.6. The molecule has 0 N–H and O–H groups in total. The predicted octanol–water partition coefficient (Wildman–Crippen LogP) is 5.12. The molecule has 1 unspecified atom stereocenters. The van der Waals surface area contributed by atoms with E-state index in [9.17, 15) is 0 Å². The fourth-order valence-electron chi connectivity index (χ4n) is 2.92. The van der Waals surface area contributed by atoms with Crippen molar-refractivity contribution in [2.45, 2.75) is 39.0 Å². The summed E-state index contributed by atoms with van der Waals surface area (Å²) < 4.78 is 0. The Labute approximate surface area is 110 Å². The average molecular weight is 236 g/mol. The van der Waals surface area contributed by atoms with Crippen LogP contribution in [0.5, 0.6) is 0 Å². The van der Waals surface area contributed by atoms with E-state index in [1.54, 1.807) is 0 Å². The van der Waals surface area contributed by atoms with E-state index in [4.69, 9.17) is 0 Å². The second kappa shape index (κ2) is 3.71.